The average molecular weight is 674 g/mol. The summed E-state index contributed by atoms with van der Waals surface area (Å²) in [7, 11) is -2.19. The lowest BCUT2D eigenvalue weighted by Gasteiger charge is -2.26. The maximum absolute atomic E-state index is 14.1. The molecule has 0 unspecified atom stereocenters. The topological polar surface area (TPSA) is 164 Å². The molecule has 3 fully saturated rings. The highest BCUT2D eigenvalue weighted by molar-refractivity contribution is 7.91. The number of thiazole rings is 1. The SMILES string of the molecule is CN1CCCC/C=C\[C@@H]2C[C@@]2(C(=O)NS(=O)(=O)C2CC2)NC(=O)[C@@H]2C[C@@H](OC(=O)Nc3cc(F)ccc3-c3nccs3)C[C@H]2C1=O. The largest absolute Gasteiger partial charge is 0.446 e. The van der Waals surface area contributed by atoms with Crippen LogP contribution < -0.4 is 15.4 Å². The van der Waals surface area contributed by atoms with E-state index in [1.165, 1.54) is 23.5 Å². The number of benzene rings is 1. The summed E-state index contributed by atoms with van der Waals surface area (Å²) in [5.74, 6) is -4.39. The van der Waals surface area contributed by atoms with Crippen molar-refractivity contribution in [3.8, 4) is 10.6 Å². The molecule has 1 aromatic carbocycles. The second-order valence-corrected chi connectivity index (χ2v) is 15.3. The zero-order valence-electron chi connectivity index (χ0n) is 25.2. The van der Waals surface area contributed by atoms with Crippen molar-refractivity contribution in [3.63, 3.8) is 0 Å². The van der Waals surface area contributed by atoms with E-state index in [1.807, 2.05) is 12.2 Å². The summed E-state index contributed by atoms with van der Waals surface area (Å²) in [5.41, 5.74) is -0.796. The lowest BCUT2D eigenvalue weighted by Crippen LogP contribution is -2.54. The van der Waals surface area contributed by atoms with Crippen molar-refractivity contribution >= 4 is 50.9 Å². The standard InChI is InChI=1S/C31H36FN5O7S2/c1-37-12-5-3-2-4-6-18-17-31(18,29(40)36-46(42,43)21-8-9-21)35-26(38)23-15-20(16-24(23)28(37)39)44-30(41)34-25-14-19(32)7-10-22(25)27-33-11-13-45-27/h4,6-7,10-11,13-14,18,20-21,23-24H,2-3,5,8-9,12,15-17H2,1H3,(H,34,41)(H,35,38)(H,36,40)/b6-4-/t18-,20-,23-,24-,31-/m1/s1. The van der Waals surface area contributed by atoms with Gasteiger partial charge in [-0.1, -0.05) is 12.2 Å². The highest BCUT2D eigenvalue weighted by Gasteiger charge is 2.62. The van der Waals surface area contributed by atoms with E-state index in [-0.39, 0.29) is 30.9 Å². The Morgan fingerprint density at radius 2 is 1.96 bits per heavy atom. The van der Waals surface area contributed by atoms with E-state index < -0.39 is 68.4 Å². The molecule has 0 saturated heterocycles. The highest BCUT2D eigenvalue weighted by atomic mass is 32.2. The number of amides is 4. The fourth-order valence-electron chi connectivity index (χ4n) is 6.35. The van der Waals surface area contributed by atoms with Crippen molar-refractivity contribution < 1.29 is 36.7 Å². The number of rotatable bonds is 6. The Balaban J connectivity index is 1.20. The number of aromatic nitrogens is 1. The minimum absolute atomic E-state index is 0.00453. The summed E-state index contributed by atoms with van der Waals surface area (Å²) in [6, 6.07) is 3.92. The Morgan fingerprint density at radius 1 is 1.17 bits per heavy atom. The van der Waals surface area contributed by atoms with Crippen molar-refractivity contribution in [2.24, 2.45) is 17.8 Å². The van der Waals surface area contributed by atoms with Crippen LogP contribution in [0.25, 0.3) is 10.6 Å². The fraction of sp³-hybridized carbons (Fsp3) is 0.516. The third-order valence-electron chi connectivity index (χ3n) is 9.15. The summed E-state index contributed by atoms with van der Waals surface area (Å²) in [6.45, 7) is 0.484. The summed E-state index contributed by atoms with van der Waals surface area (Å²) < 4.78 is 47.2. The van der Waals surface area contributed by atoms with E-state index in [2.05, 4.69) is 20.3 Å². The number of hydrogen-bond acceptors (Lipinski definition) is 9. The molecule has 3 aliphatic carbocycles. The van der Waals surface area contributed by atoms with E-state index in [0.29, 0.717) is 36.4 Å². The van der Waals surface area contributed by atoms with Gasteiger partial charge in [0.25, 0.3) is 5.91 Å². The van der Waals surface area contributed by atoms with Crippen LogP contribution in [0.5, 0.6) is 0 Å². The molecule has 0 bridgehead atoms. The van der Waals surface area contributed by atoms with Crippen molar-refractivity contribution in [2.45, 2.75) is 68.3 Å². The van der Waals surface area contributed by atoms with Gasteiger partial charge in [0.2, 0.25) is 21.8 Å². The molecule has 0 spiro atoms. The third kappa shape index (κ3) is 6.80. The van der Waals surface area contributed by atoms with Crippen LogP contribution in [0, 0.1) is 23.6 Å². The Labute approximate surface area is 270 Å². The first-order valence-corrected chi connectivity index (χ1v) is 17.9. The lowest BCUT2D eigenvalue weighted by atomic mass is 9.93. The fourth-order valence-corrected chi connectivity index (χ4v) is 8.39. The van der Waals surface area contributed by atoms with Gasteiger partial charge in [-0.15, -0.1) is 11.3 Å². The van der Waals surface area contributed by atoms with Gasteiger partial charge in [-0.2, -0.15) is 0 Å². The first-order valence-electron chi connectivity index (χ1n) is 15.4. The number of allylic oxidation sites excluding steroid dienone is 1. The molecule has 246 valence electrons. The summed E-state index contributed by atoms with van der Waals surface area (Å²) in [5, 5.41) is 7.10. The zero-order valence-corrected chi connectivity index (χ0v) is 26.9. The molecule has 5 atom stereocenters. The molecule has 2 heterocycles. The quantitative estimate of drug-likeness (QED) is 0.392. The average Bonchev–Trinajstić information content (AvgIpc) is 3.87. The number of carbonyl (C=O) groups is 4. The molecule has 12 nitrogen and oxygen atoms in total. The van der Waals surface area contributed by atoms with Crippen LogP contribution in [0.2, 0.25) is 0 Å². The molecule has 6 rings (SSSR count). The monoisotopic (exact) mass is 673 g/mol. The highest BCUT2D eigenvalue weighted by Crippen LogP contribution is 2.47. The minimum atomic E-state index is -3.85. The normalized spacial score (nSPS) is 29.0. The van der Waals surface area contributed by atoms with Gasteiger partial charge in [0, 0.05) is 36.7 Å². The van der Waals surface area contributed by atoms with E-state index in [9.17, 15) is 32.0 Å². The summed E-state index contributed by atoms with van der Waals surface area (Å²) in [6.07, 6.45) is 7.13. The molecular weight excluding hydrogens is 638 g/mol. The summed E-state index contributed by atoms with van der Waals surface area (Å²) >= 11 is 1.32. The third-order valence-corrected chi connectivity index (χ3v) is 11.8. The second-order valence-electron chi connectivity index (χ2n) is 12.5. The van der Waals surface area contributed by atoms with Gasteiger partial charge in [-0.25, -0.2) is 22.6 Å². The number of anilines is 1. The number of halogens is 1. The lowest BCUT2D eigenvalue weighted by molar-refractivity contribution is -0.140. The van der Waals surface area contributed by atoms with Crippen LogP contribution in [0.15, 0.2) is 41.9 Å². The molecule has 3 saturated carbocycles. The van der Waals surface area contributed by atoms with Gasteiger partial charge < -0.3 is 15.0 Å². The van der Waals surface area contributed by atoms with Gasteiger partial charge in [-0.05, 0) is 69.6 Å². The Bertz CT molecular complexity index is 1660. The molecule has 0 radical (unpaired) electrons. The van der Waals surface area contributed by atoms with Gasteiger partial charge in [0.15, 0.2) is 0 Å². The number of hydrogen-bond donors (Lipinski definition) is 3. The predicted octanol–water partition coefficient (Wildman–Crippen LogP) is 3.57. The molecule has 46 heavy (non-hydrogen) atoms. The van der Waals surface area contributed by atoms with Gasteiger partial charge in [0.1, 0.15) is 22.5 Å². The number of sulfonamides is 1. The van der Waals surface area contributed by atoms with Gasteiger partial charge in [0.05, 0.1) is 22.8 Å². The van der Waals surface area contributed by atoms with Crippen molar-refractivity contribution in [3.05, 3.63) is 47.7 Å². The molecular formula is C31H36FN5O7S2. The van der Waals surface area contributed by atoms with Crippen molar-refractivity contribution in [2.75, 3.05) is 18.9 Å². The number of nitrogens with zero attached hydrogens (tertiary/aromatic N) is 2. The Morgan fingerprint density at radius 3 is 2.70 bits per heavy atom. The first kappa shape index (κ1) is 32.1. The molecule has 15 heteroatoms. The maximum Gasteiger partial charge on any atom is 0.411 e. The number of fused-ring (bicyclic) bond motifs is 2. The molecule has 1 aliphatic heterocycles. The molecule has 4 aliphatic rings. The smallest absolute Gasteiger partial charge is 0.411 e. The zero-order chi connectivity index (χ0) is 32.6. The molecule has 4 amide bonds. The van der Waals surface area contributed by atoms with E-state index >= 15 is 0 Å². The predicted molar refractivity (Wildman–Crippen MR) is 167 cm³/mol. The van der Waals surface area contributed by atoms with E-state index in [1.54, 1.807) is 23.5 Å². The van der Waals surface area contributed by atoms with E-state index in [0.717, 1.165) is 18.9 Å². The van der Waals surface area contributed by atoms with Gasteiger partial charge >= 0.3 is 6.09 Å². The molecule has 1 aromatic heterocycles. The van der Waals surface area contributed by atoms with Gasteiger partial charge in [-0.3, -0.25) is 24.4 Å². The van der Waals surface area contributed by atoms with Crippen LogP contribution in [-0.4, -0.2) is 72.6 Å². The first-order chi connectivity index (χ1) is 22.0. The van der Waals surface area contributed by atoms with Crippen molar-refractivity contribution in [1.29, 1.82) is 0 Å². The molecule has 2 aromatic rings. The van der Waals surface area contributed by atoms with Crippen LogP contribution in [0.1, 0.15) is 51.4 Å². The van der Waals surface area contributed by atoms with E-state index in [4.69, 9.17) is 4.74 Å². The number of carbonyl (C=O) groups excluding carboxylic acids is 4. The second kappa shape index (κ2) is 12.7. The summed E-state index contributed by atoms with van der Waals surface area (Å²) in [4.78, 5) is 59.7. The van der Waals surface area contributed by atoms with Crippen LogP contribution in [-0.2, 0) is 29.1 Å². The minimum Gasteiger partial charge on any atom is -0.446 e. The Hall–Kier alpha value is -3.85. The number of nitrogens with one attached hydrogen (secondary N) is 3. The van der Waals surface area contributed by atoms with Crippen molar-refractivity contribution in [1.82, 2.24) is 19.9 Å². The van der Waals surface area contributed by atoms with Crippen LogP contribution in [0.4, 0.5) is 14.9 Å². The molecule has 3 N–H and O–H groups in total. The maximum atomic E-state index is 14.1. The Kier molecular flexibility index (Phi) is 8.89. The number of ether oxygens (including phenoxy) is 1. The van der Waals surface area contributed by atoms with Crippen LogP contribution >= 0.6 is 11.3 Å². The van der Waals surface area contributed by atoms with Crippen LogP contribution in [0.3, 0.4) is 0 Å².